The van der Waals surface area contributed by atoms with Crippen molar-refractivity contribution >= 4 is 11.6 Å². The van der Waals surface area contributed by atoms with E-state index in [2.05, 4.69) is 15.3 Å². The molecule has 0 aliphatic heterocycles. The van der Waals surface area contributed by atoms with Gasteiger partial charge in [0, 0.05) is 36.5 Å². The number of carbonyl (C=O) groups is 1. The van der Waals surface area contributed by atoms with E-state index in [9.17, 15) is 14.4 Å². The van der Waals surface area contributed by atoms with Crippen LogP contribution in [0, 0.1) is 6.92 Å². The Kier molecular flexibility index (Phi) is 7.18. The summed E-state index contributed by atoms with van der Waals surface area (Å²) in [5.41, 5.74) is 0.325. The summed E-state index contributed by atoms with van der Waals surface area (Å²) in [6.07, 6.45) is 0.291. The molecule has 0 atom stereocenters. The topological polar surface area (TPSA) is 123 Å². The lowest BCUT2D eigenvalue weighted by Gasteiger charge is -2.13. The van der Waals surface area contributed by atoms with Crippen molar-refractivity contribution < 1.29 is 19.0 Å². The molecule has 0 aliphatic rings. The molecule has 0 bridgehead atoms. The summed E-state index contributed by atoms with van der Waals surface area (Å²) in [4.78, 5) is 39.9. The number of amides is 1. The highest BCUT2D eigenvalue weighted by Crippen LogP contribution is 2.30. The summed E-state index contributed by atoms with van der Waals surface area (Å²) in [6.45, 7) is 2.39. The van der Waals surface area contributed by atoms with Gasteiger partial charge in [-0.1, -0.05) is 0 Å². The van der Waals surface area contributed by atoms with E-state index < -0.39 is 11.2 Å². The molecule has 1 aromatic heterocycles. The third kappa shape index (κ3) is 5.71. The molecule has 0 spiro atoms. The number of H-pyrrole nitrogens is 2. The fourth-order valence-electron chi connectivity index (χ4n) is 2.49. The number of hydrogen-bond donors (Lipinski definition) is 3. The Labute approximate surface area is 155 Å². The lowest BCUT2D eigenvalue weighted by molar-refractivity contribution is -0.116. The monoisotopic (exact) mass is 377 g/mol. The molecule has 0 aliphatic carbocycles. The normalized spacial score (nSPS) is 10.5. The Morgan fingerprint density at radius 1 is 1.11 bits per heavy atom. The maximum Gasteiger partial charge on any atom is 0.325 e. The van der Waals surface area contributed by atoms with Gasteiger partial charge in [0.1, 0.15) is 6.61 Å². The van der Waals surface area contributed by atoms with Crippen molar-refractivity contribution in [2.75, 3.05) is 32.8 Å². The van der Waals surface area contributed by atoms with Crippen molar-refractivity contribution in [2.24, 2.45) is 0 Å². The van der Waals surface area contributed by atoms with Gasteiger partial charge in [-0.2, -0.15) is 0 Å². The number of benzene rings is 1. The van der Waals surface area contributed by atoms with Crippen molar-refractivity contribution in [2.45, 2.75) is 19.8 Å². The first-order valence-electron chi connectivity index (χ1n) is 8.36. The quantitative estimate of drug-likeness (QED) is 0.560. The van der Waals surface area contributed by atoms with Gasteiger partial charge < -0.3 is 24.5 Å². The smallest absolute Gasteiger partial charge is 0.325 e. The Balaban J connectivity index is 2.02. The highest BCUT2D eigenvalue weighted by Gasteiger charge is 2.11. The van der Waals surface area contributed by atoms with Crippen LogP contribution in [-0.2, 0) is 16.0 Å². The van der Waals surface area contributed by atoms with Gasteiger partial charge in [-0.25, -0.2) is 4.79 Å². The molecule has 0 saturated carbocycles. The summed E-state index contributed by atoms with van der Waals surface area (Å²) < 4.78 is 15.8. The summed E-state index contributed by atoms with van der Waals surface area (Å²) in [7, 11) is 3.10. The van der Waals surface area contributed by atoms with E-state index >= 15 is 0 Å². The number of methoxy groups -OCH3 is 2. The molecule has 27 heavy (non-hydrogen) atoms. The highest BCUT2D eigenvalue weighted by molar-refractivity contribution is 5.91. The SMILES string of the molecule is COCCOc1cc(NC(=O)CCc2c(C)[nH]c(=O)[nH]c2=O)ccc1OC. The van der Waals surface area contributed by atoms with Crippen molar-refractivity contribution in [1.29, 1.82) is 0 Å². The zero-order valence-corrected chi connectivity index (χ0v) is 15.5. The van der Waals surface area contributed by atoms with Crippen LogP contribution in [0.15, 0.2) is 27.8 Å². The predicted molar refractivity (Wildman–Crippen MR) is 99.7 cm³/mol. The van der Waals surface area contributed by atoms with Crippen LogP contribution in [0.25, 0.3) is 0 Å². The first-order chi connectivity index (χ1) is 12.9. The number of carbonyl (C=O) groups excluding carboxylic acids is 1. The van der Waals surface area contributed by atoms with E-state index in [4.69, 9.17) is 14.2 Å². The number of ether oxygens (including phenoxy) is 3. The first-order valence-corrected chi connectivity index (χ1v) is 8.36. The standard InChI is InChI=1S/C18H23N3O6/c1-11-13(17(23)21-18(24)19-11)5-7-16(22)20-12-4-6-14(26-3)15(10-12)27-9-8-25-2/h4,6,10H,5,7-9H2,1-3H3,(H,20,22)(H2,19,21,23,24). The molecule has 3 N–H and O–H groups in total. The van der Waals surface area contributed by atoms with Crippen molar-refractivity contribution in [3.63, 3.8) is 0 Å². The van der Waals surface area contributed by atoms with Crippen LogP contribution >= 0.6 is 0 Å². The molecule has 2 rings (SSSR count). The molecule has 1 heterocycles. The predicted octanol–water partition coefficient (Wildman–Crippen LogP) is 0.977. The minimum atomic E-state index is -0.565. The Bertz CT molecular complexity index is 903. The zero-order chi connectivity index (χ0) is 19.8. The molecule has 0 fully saturated rings. The number of hydrogen-bond acceptors (Lipinski definition) is 6. The second kappa shape index (κ2) is 9.58. The van der Waals surface area contributed by atoms with Crippen LogP contribution in [0.5, 0.6) is 11.5 Å². The molecule has 1 aromatic carbocycles. The van der Waals surface area contributed by atoms with Gasteiger partial charge in [-0.3, -0.25) is 14.6 Å². The van der Waals surface area contributed by atoms with Crippen LogP contribution in [0.2, 0.25) is 0 Å². The second-order valence-electron chi connectivity index (χ2n) is 5.77. The zero-order valence-electron chi connectivity index (χ0n) is 15.5. The van der Waals surface area contributed by atoms with Gasteiger partial charge in [-0.15, -0.1) is 0 Å². The number of rotatable bonds is 9. The molecule has 2 aromatic rings. The molecular weight excluding hydrogens is 354 g/mol. The van der Waals surface area contributed by atoms with Gasteiger partial charge in [-0.05, 0) is 25.5 Å². The second-order valence-corrected chi connectivity index (χ2v) is 5.77. The Hall–Kier alpha value is -3.07. The number of anilines is 1. The summed E-state index contributed by atoms with van der Waals surface area (Å²) >= 11 is 0. The van der Waals surface area contributed by atoms with Crippen LogP contribution in [0.4, 0.5) is 5.69 Å². The highest BCUT2D eigenvalue weighted by atomic mass is 16.5. The molecule has 9 nitrogen and oxygen atoms in total. The third-order valence-electron chi connectivity index (χ3n) is 3.85. The van der Waals surface area contributed by atoms with Gasteiger partial charge in [0.05, 0.1) is 13.7 Å². The number of aromatic nitrogens is 2. The lowest BCUT2D eigenvalue weighted by Crippen LogP contribution is -2.27. The molecular formula is C18H23N3O6. The maximum absolute atomic E-state index is 12.2. The van der Waals surface area contributed by atoms with Crippen molar-refractivity contribution in [3.8, 4) is 11.5 Å². The van der Waals surface area contributed by atoms with E-state index in [1.54, 1.807) is 32.2 Å². The van der Waals surface area contributed by atoms with E-state index in [-0.39, 0.29) is 18.7 Å². The first kappa shape index (κ1) is 20.2. The largest absolute Gasteiger partial charge is 0.493 e. The summed E-state index contributed by atoms with van der Waals surface area (Å²) in [5.74, 6) is 0.757. The molecule has 0 saturated heterocycles. The molecule has 146 valence electrons. The summed E-state index contributed by atoms with van der Waals surface area (Å²) in [6, 6.07) is 5.04. The van der Waals surface area contributed by atoms with Crippen LogP contribution in [0.1, 0.15) is 17.7 Å². The van der Waals surface area contributed by atoms with Crippen LogP contribution in [-0.4, -0.2) is 43.3 Å². The fraction of sp³-hybridized carbons (Fsp3) is 0.389. The van der Waals surface area contributed by atoms with Crippen molar-refractivity contribution in [3.05, 3.63) is 50.3 Å². The van der Waals surface area contributed by atoms with Gasteiger partial charge >= 0.3 is 5.69 Å². The van der Waals surface area contributed by atoms with Crippen LogP contribution in [0.3, 0.4) is 0 Å². The Morgan fingerprint density at radius 3 is 2.56 bits per heavy atom. The molecule has 9 heteroatoms. The average molecular weight is 377 g/mol. The van der Waals surface area contributed by atoms with E-state index in [0.29, 0.717) is 41.7 Å². The minimum Gasteiger partial charge on any atom is -0.493 e. The van der Waals surface area contributed by atoms with Gasteiger partial charge in [0.25, 0.3) is 5.56 Å². The molecule has 0 radical (unpaired) electrons. The van der Waals surface area contributed by atoms with E-state index in [1.807, 2.05) is 0 Å². The molecule has 0 unspecified atom stereocenters. The number of aryl methyl sites for hydroxylation is 1. The number of nitrogens with one attached hydrogen (secondary N) is 3. The van der Waals surface area contributed by atoms with E-state index in [1.165, 1.54) is 7.11 Å². The third-order valence-corrected chi connectivity index (χ3v) is 3.85. The maximum atomic E-state index is 12.2. The number of aromatic amines is 2. The lowest BCUT2D eigenvalue weighted by atomic mass is 10.1. The Morgan fingerprint density at radius 2 is 1.89 bits per heavy atom. The molecule has 1 amide bonds. The van der Waals surface area contributed by atoms with Crippen molar-refractivity contribution in [1.82, 2.24) is 9.97 Å². The van der Waals surface area contributed by atoms with E-state index in [0.717, 1.165) is 0 Å². The van der Waals surface area contributed by atoms with Gasteiger partial charge in [0.15, 0.2) is 11.5 Å². The minimum absolute atomic E-state index is 0.0852. The average Bonchev–Trinajstić information content (AvgIpc) is 2.61. The summed E-state index contributed by atoms with van der Waals surface area (Å²) in [5, 5.41) is 2.75. The van der Waals surface area contributed by atoms with Crippen LogP contribution < -0.4 is 26.0 Å². The fourth-order valence-corrected chi connectivity index (χ4v) is 2.49. The van der Waals surface area contributed by atoms with Gasteiger partial charge in [0.2, 0.25) is 5.91 Å².